The molecule has 1 aliphatic heterocycles. The van der Waals surface area contributed by atoms with Gasteiger partial charge < -0.3 is 14.7 Å². The molecule has 8 nitrogen and oxygen atoms in total. The number of carboxylic acids is 1. The van der Waals surface area contributed by atoms with E-state index in [-0.39, 0.29) is 11.5 Å². The Bertz CT molecular complexity index is 1710. The van der Waals surface area contributed by atoms with Crippen LogP contribution in [0.25, 0.3) is 27.8 Å². The van der Waals surface area contributed by atoms with Crippen LogP contribution in [0, 0.1) is 0 Å². The van der Waals surface area contributed by atoms with Gasteiger partial charge in [-0.25, -0.2) is 14.3 Å². The summed E-state index contributed by atoms with van der Waals surface area (Å²) in [6, 6.07) is 21.2. The molecule has 3 aromatic heterocycles. The standard InChI is InChI=1S/C30H26ClN5O3/c31-26-17-25(35-11-13-39-14-12-35)29-33-27(28(36(29)34-26)19-5-7-20(8-6-19)30(37)38)22-15-21(16-22)24-10-9-18-3-1-2-4-23(18)32-24/h1-10,17,21-22H,11-16H2,(H,37,38)/t21-,22-. The number of carboxylic acid groups (broad SMARTS) is 1. The van der Waals surface area contributed by atoms with Crippen LogP contribution < -0.4 is 4.90 Å². The molecule has 0 bridgehead atoms. The molecular weight excluding hydrogens is 514 g/mol. The Morgan fingerprint density at radius 1 is 0.949 bits per heavy atom. The van der Waals surface area contributed by atoms with E-state index in [1.165, 1.54) is 0 Å². The van der Waals surface area contributed by atoms with E-state index >= 15 is 0 Å². The molecule has 0 spiro atoms. The van der Waals surface area contributed by atoms with Crippen LogP contribution in [-0.2, 0) is 4.74 Å². The monoisotopic (exact) mass is 539 g/mol. The van der Waals surface area contributed by atoms with Gasteiger partial charge in [0, 0.05) is 47.6 Å². The molecule has 1 aliphatic carbocycles. The van der Waals surface area contributed by atoms with Gasteiger partial charge >= 0.3 is 5.97 Å². The normalized spacial score (nSPS) is 19.4. The zero-order chi connectivity index (χ0) is 26.5. The van der Waals surface area contributed by atoms with E-state index in [4.69, 9.17) is 26.3 Å². The smallest absolute Gasteiger partial charge is 0.335 e. The van der Waals surface area contributed by atoms with Crippen molar-refractivity contribution in [2.45, 2.75) is 24.7 Å². The highest BCUT2D eigenvalue weighted by Gasteiger charge is 2.37. The summed E-state index contributed by atoms with van der Waals surface area (Å²) in [6.45, 7) is 2.79. The van der Waals surface area contributed by atoms with E-state index in [9.17, 15) is 9.90 Å². The van der Waals surface area contributed by atoms with Crippen LogP contribution in [0.5, 0.6) is 0 Å². The van der Waals surface area contributed by atoms with Crippen LogP contribution in [-0.4, -0.2) is 57.0 Å². The first-order chi connectivity index (χ1) is 19.0. The number of nitrogens with zero attached hydrogens (tertiary/aromatic N) is 5. The molecule has 39 heavy (non-hydrogen) atoms. The van der Waals surface area contributed by atoms with Gasteiger partial charge in [-0.1, -0.05) is 48.0 Å². The first-order valence-corrected chi connectivity index (χ1v) is 13.5. The summed E-state index contributed by atoms with van der Waals surface area (Å²) in [5.41, 5.74) is 6.71. The van der Waals surface area contributed by atoms with E-state index in [2.05, 4.69) is 34.3 Å². The molecule has 5 aromatic rings. The Hall–Kier alpha value is -4.01. The van der Waals surface area contributed by atoms with Crippen molar-refractivity contribution in [1.82, 2.24) is 19.6 Å². The third-order valence-corrected chi connectivity index (χ3v) is 8.07. The lowest BCUT2D eigenvalue weighted by molar-refractivity contribution is 0.0697. The summed E-state index contributed by atoms with van der Waals surface area (Å²) < 4.78 is 7.40. The minimum atomic E-state index is -0.958. The molecule has 2 aromatic carbocycles. The lowest BCUT2D eigenvalue weighted by atomic mass is 9.71. The number of aromatic nitrogens is 4. The predicted molar refractivity (Wildman–Crippen MR) is 150 cm³/mol. The lowest BCUT2D eigenvalue weighted by Crippen LogP contribution is -2.36. The van der Waals surface area contributed by atoms with Crippen molar-refractivity contribution >= 4 is 39.8 Å². The van der Waals surface area contributed by atoms with Crippen molar-refractivity contribution in [3.05, 3.63) is 88.8 Å². The highest BCUT2D eigenvalue weighted by atomic mass is 35.5. The van der Waals surface area contributed by atoms with Crippen LogP contribution in [0.15, 0.2) is 66.7 Å². The number of halogens is 1. The average Bonchev–Trinajstić information content (AvgIpc) is 3.30. The number of carbonyl (C=O) groups is 1. The molecule has 2 fully saturated rings. The number of imidazole rings is 1. The number of hydrogen-bond acceptors (Lipinski definition) is 6. The zero-order valence-corrected chi connectivity index (χ0v) is 21.9. The van der Waals surface area contributed by atoms with Crippen molar-refractivity contribution in [3.8, 4) is 11.3 Å². The Labute approximate surface area is 229 Å². The summed E-state index contributed by atoms with van der Waals surface area (Å²) in [4.78, 5) is 23.8. The van der Waals surface area contributed by atoms with Crippen LogP contribution in [0.3, 0.4) is 0 Å². The third-order valence-electron chi connectivity index (χ3n) is 7.88. The molecule has 1 saturated heterocycles. The van der Waals surface area contributed by atoms with Gasteiger partial charge in [0.25, 0.3) is 0 Å². The number of benzene rings is 2. The maximum atomic E-state index is 11.5. The number of pyridine rings is 1. The number of fused-ring (bicyclic) bond motifs is 2. The number of hydrogen-bond donors (Lipinski definition) is 1. The fourth-order valence-electron chi connectivity index (χ4n) is 5.75. The van der Waals surface area contributed by atoms with Gasteiger partial charge in [0.2, 0.25) is 0 Å². The zero-order valence-electron chi connectivity index (χ0n) is 21.1. The van der Waals surface area contributed by atoms with E-state index < -0.39 is 5.97 Å². The first kappa shape index (κ1) is 24.1. The number of morpholine rings is 1. The third kappa shape index (κ3) is 4.30. The second kappa shape index (κ2) is 9.63. The van der Waals surface area contributed by atoms with Gasteiger partial charge in [0.05, 0.1) is 41.4 Å². The molecule has 0 amide bonds. The number of ether oxygens (including phenoxy) is 1. The number of aromatic carboxylic acids is 1. The average molecular weight is 540 g/mol. The highest BCUT2D eigenvalue weighted by molar-refractivity contribution is 6.29. The van der Waals surface area contributed by atoms with Crippen molar-refractivity contribution < 1.29 is 14.6 Å². The molecule has 2 aliphatic rings. The largest absolute Gasteiger partial charge is 0.478 e. The van der Waals surface area contributed by atoms with Crippen molar-refractivity contribution in [3.63, 3.8) is 0 Å². The van der Waals surface area contributed by atoms with Crippen molar-refractivity contribution in [1.29, 1.82) is 0 Å². The molecule has 0 unspecified atom stereocenters. The minimum Gasteiger partial charge on any atom is -0.478 e. The summed E-state index contributed by atoms with van der Waals surface area (Å²) in [5.74, 6) is -0.391. The van der Waals surface area contributed by atoms with Gasteiger partial charge in [-0.15, -0.1) is 0 Å². The molecule has 0 atom stereocenters. The summed E-state index contributed by atoms with van der Waals surface area (Å²) in [5, 5.41) is 15.6. The molecule has 7 rings (SSSR count). The minimum absolute atomic E-state index is 0.218. The van der Waals surface area contributed by atoms with Gasteiger partial charge in [0.15, 0.2) is 10.8 Å². The fraction of sp³-hybridized carbons (Fsp3) is 0.267. The second-order valence-corrected chi connectivity index (χ2v) is 10.6. The maximum absolute atomic E-state index is 11.5. The van der Waals surface area contributed by atoms with E-state index in [1.54, 1.807) is 12.1 Å². The van der Waals surface area contributed by atoms with Crippen molar-refractivity contribution in [2.75, 3.05) is 31.2 Å². The summed E-state index contributed by atoms with van der Waals surface area (Å²) in [7, 11) is 0. The highest BCUT2D eigenvalue weighted by Crippen LogP contribution is 2.49. The Morgan fingerprint density at radius 3 is 2.49 bits per heavy atom. The van der Waals surface area contributed by atoms with E-state index in [0.29, 0.717) is 24.3 Å². The second-order valence-electron chi connectivity index (χ2n) is 10.2. The first-order valence-electron chi connectivity index (χ1n) is 13.2. The number of anilines is 1. The van der Waals surface area contributed by atoms with E-state index in [0.717, 1.165) is 70.8 Å². The number of rotatable bonds is 5. The van der Waals surface area contributed by atoms with Gasteiger partial charge in [0.1, 0.15) is 0 Å². The Morgan fingerprint density at radius 2 is 1.72 bits per heavy atom. The summed E-state index contributed by atoms with van der Waals surface area (Å²) >= 11 is 6.55. The molecule has 4 heterocycles. The van der Waals surface area contributed by atoms with Gasteiger partial charge in [-0.05, 0) is 37.1 Å². The molecular formula is C30H26ClN5O3. The van der Waals surface area contributed by atoms with Crippen LogP contribution in [0.4, 0.5) is 5.69 Å². The molecule has 0 radical (unpaired) electrons. The topological polar surface area (TPSA) is 92.8 Å². The Kier molecular flexibility index (Phi) is 5.94. The molecule has 1 saturated carbocycles. The van der Waals surface area contributed by atoms with Crippen LogP contribution in [0.2, 0.25) is 5.15 Å². The van der Waals surface area contributed by atoms with Gasteiger partial charge in [-0.2, -0.15) is 5.10 Å². The Balaban J connectivity index is 1.30. The maximum Gasteiger partial charge on any atom is 0.335 e. The van der Waals surface area contributed by atoms with Crippen LogP contribution in [0.1, 0.15) is 46.4 Å². The summed E-state index contributed by atoms with van der Waals surface area (Å²) in [6.07, 6.45) is 1.85. The SMILES string of the molecule is O=C(O)c1ccc(-c2c([C@H]3C[C@H](c4ccc5ccccc5n4)C3)nc3c(N4CCOCC4)cc(Cl)nn23)cc1. The number of para-hydroxylation sites is 1. The molecule has 196 valence electrons. The van der Waals surface area contributed by atoms with Crippen LogP contribution >= 0.6 is 11.6 Å². The molecule has 9 heteroatoms. The van der Waals surface area contributed by atoms with E-state index in [1.807, 2.05) is 34.8 Å². The molecule has 1 N–H and O–H groups in total. The predicted octanol–water partition coefficient (Wildman–Crippen LogP) is 5.79. The van der Waals surface area contributed by atoms with Gasteiger partial charge in [-0.3, -0.25) is 4.98 Å². The quantitative estimate of drug-likeness (QED) is 0.302. The van der Waals surface area contributed by atoms with Crippen molar-refractivity contribution in [2.24, 2.45) is 0 Å². The fourth-order valence-corrected chi connectivity index (χ4v) is 5.93. The lowest BCUT2D eigenvalue weighted by Gasteiger charge is -2.34.